The molecule has 1 aromatic rings. The highest BCUT2D eigenvalue weighted by molar-refractivity contribution is 5.85. The monoisotopic (exact) mass is 332 g/mol. The largest absolute Gasteiger partial charge is 0.497 e. The number of aliphatic imine (C=N–C) groups is 1. The van der Waals surface area contributed by atoms with Crippen LogP contribution in [0, 0.1) is 5.92 Å². The van der Waals surface area contributed by atoms with E-state index in [0.29, 0.717) is 17.9 Å². The first-order valence-electron chi connectivity index (χ1n) is 8.37. The van der Waals surface area contributed by atoms with Crippen LogP contribution in [0.15, 0.2) is 29.3 Å². The number of ether oxygens (including phenoxy) is 1. The van der Waals surface area contributed by atoms with Crippen LogP contribution < -0.4 is 15.4 Å². The van der Waals surface area contributed by atoms with Gasteiger partial charge in [0.25, 0.3) is 0 Å². The lowest BCUT2D eigenvalue weighted by atomic mass is 10.1. The molecule has 24 heavy (non-hydrogen) atoms. The second-order valence-corrected chi connectivity index (χ2v) is 6.44. The molecule has 1 aliphatic rings. The standard InChI is InChI=1S/C18H28N4O2/c1-13-11-16(13)21-18(20-12-17(23)22(2)3)19-10-9-14-5-7-15(24-4)8-6-14/h5-8,13,16H,9-12H2,1-4H3,(H2,19,20,21). The molecule has 0 radical (unpaired) electrons. The van der Waals surface area contributed by atoms with Crippen LogP contribution in [0.25, 0.3) is 0 Å². The van der Waals surface area contributed by atoms with Crippen molar-refractivity contribution in [2.45, 2.75) is 25.8 Å². The number of guanidine groups is 1. The van der Waals surface area contributed by atoms with Crippen molar-refractivity contribution in [3.05, 3.63) is 29.8 Å². The number of amides is 1. The Bertz CT molecular complexity index is 569. The van der Waals surface area contributed by atoms with E-state index < -0.39 is 0 Å². The van der Waals surface area contributed by atoms with Gasteiger partial charge < -0.3 is 20.3 Å². The third-order valence-corrected chi connectivity index (χ3v) is 4.17. The Balaban J connectivity index is 1.84. The molecule has 0 saturated heterocycles. The predicted molar refractivity (Wildman–Crippen MR) is 96.4 cm³/mol. The first-order chi connectivity index (χ1) is 11.5. The maximum atomic E-state index is 11.7. The van der Waals surface area contributed by atoms with Gasteiger partial charge in [0.2, 0.25) is 5.91 Å². The summed E-state index contributed by atoms with van der Waals surface area (Å²) in [5.41, 5.74) is 1.23. The Hall–Kier alpha value is -2.24. The second-order valence-electron chi connectivity index (χ2n) is 6.44. The zero-order valence-electron chi connectivity index (χ0n) is 15.0. The predicted octanol–water partition coefficient (Wildman–Crippen LogP) is 1.27. The average molecular weight is 332 g/mol. The summed E-state index contributed by atoms with van der Waals surface area (Å²) in [5, 5.41) is 6.71. The molecule has 1 amide bonds. The molecule has 2 rings (SSSR count). The molecule has 2 N–H and O–H groups in total. The van der Waals surface area contributed by atoms with Crippen LogP contribution in [0.4, 0.5) is 0 Å². The number of nitrogens with one attached hydrogen (secondary N) is 2. The topological polar surface area (TPSA) is 66.0 Å². The van der Waals surface area contributed by atoms with Crippen LogP contribution in [-0.4, -0.2) is 57.1 Å². The van der Waals surface area contributed by atoms with Crippen LogP contribution in [0.5, 0.6) is 5.75 Å². The smallest absolute Gasteiger partial charge is 0.243 e. The van der Waals surface area contributed by atoms with E-state index >= 15 is 0 Å². The van der Waals surface area contributed by atoms with Gasteiger partial charge in [0.1, 0.15) is 12.3 Å². The minimum absolute atomic E-state index is 0.00454. The number of benzene rings is 1. The molecule has 0 aromatic heterocycles. The SMILES string of the molecule is COc1ccc(CCNC(=NCC(=O)N(C)C)NC2CC2C)cc1. The highest BCUT2D eigenvalue weighted by atomic mass is 16.5. The number of nitrogens with zero attached hydrogens (tertiary/aromatic N) is 2. The highest BCUT2D eigenvalue weighted by Gasteiger charge is 2.33. The minimum atomic E-state index is -0.00454. The molecule has 2 atom stereocenters. The van der Waals surface area contributed by atoms with E-state index in [2.05, 4.69) is 34.7 Å². The molecule has 1 aliphatic carbocycles. The summed E-state index contributed by atoms with van der Waals surface area (Å²) in [6, 6.07) is 8.51. The van der Waals surface area contributed by atoms with Crippen molar-refractivity contribution in [2.75, 3.05) is 34.3 Å². The Labute approximate surface area is 144 Å². The Morgan fingerprint density at radius 3 is 2.54 bits per heavy atom. The zero-order valence-corrected chi connectivity index (χ0v) is 15.0. The third kappa shape index (κ3) is 5.76. The first kappa shape index (κ1) is 18.1. The maximum Gasteiger partial charge on any atom is 0.243 e. The molecule has 6 nitrogen and oxygen atoms in total. The van der Waals surface area contributed by atoms with Crippen LogP contribution in [0.2, 0.25) is 0 Å². The van der Waals surface area contributed by atoms with Crippen LogP contribution in [0.1, 0.15) is 18.9 Å². The Kier molecular flexibility index (Phi) is 6.46. The van der Waals surface area contributed by atoms with Crippen molar-refractivity contribution in [3.63, 3.8) is 0 Å². The number of likely N-dealkylation sites (N-methyl/N-ethyl adjacent to an activating group) is 1. The van der Waals surface area contributed by atoms with Gasteiger partial charge in [0, 0.05) is 26.7 Å². The van der Waals surface area contributed by atoms with Gasteiger partial charge in [-0.25, -0.2) is 4.99 Å². The van der Waals surface area contributed by atoms with E-state index in [-0.39, 0.29) is 12.5 Å². The fraction of sp³-hybridized carbons (Fsp3) is 0.556. The minimum Gasteiger partial charge on any atom is -0.497 e. The van der Waals surface area contributed by atoms with Crippen LogP contribution in [0.3, 0.4) is 0 Å². The van der Waals surface area contributed by atoms with Gasteiger partial charge in [-0.3, -0.25) is 4.79 Å². The number of hydrogen-bond donors (Lipinski definition) is 2. The lowest BCUT2D eigenvalue weighted by Gasteiger charge is -2.14. The number of rotatable bonds is 7. The molecule has 1 fully saturated rings. The molecule has 0 bridgehead atoms. The van der Waals surface area contributed by atoms with Crippen molar-refractivity contribution in [3.8, 4) is 5.75 Å². The van der Waals surface area contributed by atoms with Gasteiger partial charge in [0.05, 0.1) is 7.11 Å². The van der Waals surface area contributed by atoms with E-state index in [1.54, 1.807) is 26.1 Å². The molecule has 2 unspecified atom stereocenters. The van der Waals surface area contributed by atoms with Crippen molar-refractivity contribution < 1.29 is 9.53 Å². The first-order valence-corrected chi connectivity index (χ1v) is 8.37. The fourth-order valence-corrected chi connectivity index (χ4v) is 2.26. The molecular formula is C18H28N4O2. The van der Waals surface area contributed by atoms with E-state index in [9.17, 15) is 4.79 Å². The average Bonchev–Trinajstić information content (AvgIpc) is 3.27. The van der Waals surface area contributed by atoms with E-state index in [1.807, 2.05) is 12.1 Å². The van der Waals surface area contributed by atoms with E-state index in [1.165, 1.54) is 5.56 Å². The van der Waals surface area contributed by atoms with Gasteiger partial charge in [-0.15, -0.1) is 0 Å². The molecule has 1 aromatic carbocycles. The second kappa shape index (κ2) is 8.57. The number of methoxy groups -OCH3 is 1. The summed E-state index contributed by atoms with van der Waals surface area (Å²) in [6.45, 7) is 3.12. The Morgan fingerprint density at radius 2 is 2.00 bits per heavy atom. The summed E-state index contributed by atoms with van der Waals surface area (Å²) in [4.78, 5) is 17.7. The number of carbonyl (C=O) groups excluding carboxylic acids is 1. The molecule has 6 heteroatoms. The number of hydrogen-bond acceptors (Lipinski definition) is 3. The summed E-state index contributed by atoms with van der Waals surface area (Å²) in [6.07, 6.45) is 2.04. The summed E-state index contributed by atoms with van der Waals surface area (Å²) >= 11 is 0. The summed E-state index contributed by atoms with van der Waals surface area (Å²) in [7, 11) is 5.15. The normalized spacial score (nSPS) is 19.6. The van der Waals surface area contributed by atoms with Gasteiger partial charge in [-0.1, -0.05) is 19.1 Å². The molecular weight excluding hydrogens is 304 g/mol. The molecule has 0 aliphatic heterocycles. The molecule has 1 saturated carbocycles. The van der Waals surface area contributed by atoms with Gasteiger partial charge in [0.15, 0.2) is 5.96 Å². The van der Waals surface area contributed by atoms with Crippen LogP contribution in [-0.2, 0) is 11.2 Å². The highest BCUT2D eigenvalue weighted by Crippen LogP contribution is 2.28. The molecule has 0 heterocycles. The van der Waals surface area contributed by atoms with Gasteiger partial charge in [-0.2, -0.15) is 0 Å². The maximum absolute atomic E-state index is 11.7. The van der Waals surface area contributed by atoms with Crippen molar-refractivity contribution >= 4 is 11.9 Å². The van der Waals surface area contributed by atoms with Crippen molar-refractivity contribution in [1.82, 2.24) is 15.5 Å². The van der Waals surface area contributed by atoms with Crippen LogP contribution >= 0.6 is 0 Å². The van der Waals surface area contributed by atoms with Crippen molar-refractivity contribution in [1.29, 1.82) is 0 Å². The fourth-order valence-electron chi connectivity index (χ4n) is 2.26. The molecule has 0 spiro atoms. The summed E-state index contributed by atoms with van der Waals surface area (Å²) < 4.78 is 5.17. The number of carbonyl (C=O) groups is 1. The lowest BCUT2D eigenvalue weighted by Crippen LogP contribution is -2.41. The van der Waals surface area contributed by atoms with E-state index in [0.717, 1.165) is 25.1 Å². The third-order valence-electron chi connectivity index (χ3n) is 4.17. The van der Waals surface area contributed by atoms with E-state index in [4.69, 9.17) is 4.74 Å². The molecule has 132 valence electrons. The van der Waals surface area contributed by atoms with Gasteiger partial charge >= 0.3 is 0 Å². The zero-order chi connectivity index (χ0) is 17.5. The Morgan fingerprint density at radius 1 is 1.33 bits per heavy atom. The quantitative estimate of drug-likeness (QED) is 0.583. The van der Waals surface area contributed by atoms with Gasteiger partial charge in [-0.05, 0) is 36.5 Å². The summed E-state index contributed by atoms with van der Waals surface area (Å²) in [5.74, 6) is 2.24. The lowest BCUT2D eigenvalue weighted by molar-refractivity contribution is -0.127. The van der Waals surface area contributed by atoms with Crippen molar-refractivity contribution in [2.24, 2.45) is 10.9 Å².